The van der Waals surface area contributed by atoms with E-state index in [4.69, 9.17) is 5.73 Å². The molecule has 0 aliphatic rings. The van der Waals surface area contributed by atoms with Crippen molar-refractivity contribution in [1.29, 1.82) is 0 Å². The molecule has 1 atom stereocenters. The molecule has 0 fully saturated rings. The molecule has 0 aliphatic carbocycles. The molecule has 2 rings (SSSR count). The van der Waals surface area contributed by atoms with E-state index < -0.39 is 0 Å². The van der Waals surface area contributed by atoms with E-state index in [2.05, 4.69) is 33.8 Å². The fourth-order valence-corrected chi connectivity index (χ4v) is 1.82. The Kier molecular flexibility index (Phi) is 3.37. The quantitative estimate of drug-likeness (QED) is 0.845. The van der Waals surface area contributed by atoms with E-state index in [1.165, 1.54) is 11.1 Å². The van der Waals surface area contributed by atoms with Crippen LogP contribution in [-0.2, 0) is 13.0 Å². The van der Waals surface area contributed by atoms with Gasteiger partial charge in [-0.25, -0.2) is 4.98 Å². The van der Waals surface area contributed by atoms with Gasteiger partial charge in [0.25, 0.3) is 0 Å². The molecule has 16 heavy (non-hydrogen) atoms. The van der Waals surface area contributed by atoms with Crippen LogP contribution in [0, 0.1) is 0 Å². The van der Waals surface area contributed by atoms with Gasteiger partial charge < -0.3 is 10.3 Å². The van der Waals surface area contributed by atoms with Gasteiger partial charge in [0.15, 0.2) is 0 Å². The average molecular weight is 215 g/mol. The predicted molar refractivity (Wildman–Crippen MR) is 65.1 cm³/mol. The van der Waals surface area contributed by atoms with Gasteiger partial charge in [0, 0.05) is 25.0 Å². The van der Waals surface area contributed by atoms with E-state index in [0.717, 1.165) is 13.0 Å². The van der Waals surface area contributed by atoms with E-state index in [0.29, 0.717) is 0 Å². The molecule has 2 aromatic rings. The first kappa shape index (κ1) is 10.9. The van der Waals surface area contributed by atoms with Crippen molar-refractivity contribution >= 4 is 0 Å². The third-order valence-electron chi connectivity index (χ3n) is 2.47. The first-order valence-corrected chi connectivity index (χ1v) is 5.53. The van der Waals surface area contributed by atoms with E-state index in [1.54, 1.807) is 6.20 Å². The largest absolute Gasteiger partial charge is 0.333 e. The summed E-state index contributed by atoms with van der Waals surface area (Å²) < 4.78 is 2.06. The van der Waals surface area contributed by atoms with Gasteiger partial charge in [0.05, 0.1) is 6.33 Å². The highest BCUT2D eigenvalue weighted by Crippen LogP contribution is 2.08. The lowest BCUT2D eigenvalue weighted by Crippen LogP contribution is -2.17. The van der Waals surface area contributed by atoms with Crippen LogP contribution in [0.5, 0.6) is 0 Å². The molecular weight excluding hydrogens is 198 g/mol. The van der Waals surface area contributed by atoms with Crippen LogP contribution in [0.4, 0.5) is 0 Å². The molecular formula is C13H17N3. The van der Waals surface area contributed by atoms with Gasteiger partial charge in [-0.15, -0.1) is 0 Å². The van der Waals surface area contributed by atoms with Gasteiger partial charge >= 0.3 is 0 Å². The normalized spacial score (nSPS) is 12.6. The van der Waals surface area contributed by atoms with Crippen molar-refractivity contribution in [3.8, 4) is 0 Å². The Labute approximate surface area is 95.9 Å². The first-order valence-electron chi connectivity index (χ1n) is 5.53. The molecule has 3 nitrogen and oxygen atoms in total. The molecule has 0 radical (unpaired) electrons. The maximum absolute atomic E-state index is 5.80. The lowest BCUT2D eigenvalue weighted by Gasteiger charge is -2.08. The second-order valence-corrected chi connectivity index (χ2v) is 4.24. The summed E-state index contributed by atoms with van der Waals surface area (Å²) in [6.07, 6.45) is 6.53. The Morgan fingerprint density at radius 3 is 2.88 bits per heavy atom. The fraction of sp³-hybridized carbons (Fsp3) is 0.308. The number of rotatable bonds is 4. The van der Waals surface area contributed by atoms with Gasteiger partial charge in [-0.1, -0.05) is 24.3 Å². The lowest BCUT2D eigenvalue weighted by atomic mass is 10.0. The van der Waals surface area contributed by atoms with Crippen molar-refractivity contribution < 1.29 is 0 Å². The molecule has 1 heterocycles. The van der Waals surface area contributed by atoms with Crippen LogP contribution in [0.1, 0.15) is 18.1 Å². The van der Waals surface area contributed by atoms with Gasteiger partial charge in [-0.2, -0.15) is 0 Å². The standard InChI is InChI=1S/C13H17N3/c1-11(14)7-12-3-2-4-13(8-12)9-16-6-5-15-10-16/h2-6,8,10-11H,7,9,14H2,1H3. The molecule has 3 heteroatoms. The molecule has 1 unspecified atom stereocenters. The maximum Gasteiger partial charge on any atom is 0.0949 e. The maximum atomic E-state index is 5.80. The number of nitrogens with two attached hydrogens (primary N) is 1. The highest BCUT2D eigenvalue weighted by atomic mass is 15.0. The van der Waals surface area contributed by atoms with Crippen LogP contribution < -0.4 is 5.73 Å². The topological polar surface area (TPSA) is 43.8 Å². The Hall–Kier alpha value is -1.61. The van der Waals surface area contributed by atoms with Crippen LogP contribution >= 0.6 is 0 Å². The summed E-state index contributed by atoms with van der Waals surface area (Å²) in [5.74, 6) is 0. The van der Waals surface area contributed by atoms with Crippen molar-refractivity contribution in [3.05, 3.63) is 54.1 Å². The summed E-state index contributed by atoms with van der Waals surface area (Å²) in [7, 11) is 0. The predicted octanol–water partition coefficient (Wildman–Crippen LogP) is 1.82. The minimum absolute atomic E-state index is 0.212. The van der Waals surface area contributed by atoms with Crippen molar-refractivity contribution in [3.63, 3.8) is 0 Å². The lowest BCUT2D eigenvalue weighted by molar-refractivity contribution is 0.734. The van der Waals surface area contributed by atoms with Gasteiger partial charge in [0.2, 0.25) is 0 Å². The summed E-state index contributed by atoms with van der Waals surface area (Å²) in [4.78, 5) is 4.03. The van der Waals surface area contributed by atoms with Crippen LogP contribution in [0.15, 0.2) is 43.0 Å². The smallest absolute Gasteiger partial charge is 0.0949 e. The SMILES string of the molecule is CC(N)Cc1cccc(Cn2ccnc2)c1. The van der Waals surface area contributed by atoms with Crippen LogP contribution in [0.25, 0.3) is 0 Å². The molecule has 0 amide bonds. The molecule has 0 saturated heterocycles. The van der Waals surface area contributed by atoms with Crippen molar-refractivity contribution in [1.82, 2.24) is 9.55 Å². The second-order valence-electron chi connectivity index (χ2n) is 4.24. The Balaban J connectivity index is 2.10. The molecule has 1 aromatic heterocycles. The van der Waals surface area contributed by atoms with Crippen molar-refractivity contribution in [2.75, 3.05) is 0 Å². The Morgan fingerprint density at radius 2 is 2.19 bits per heavy atom. The number of nitrogens with zero attached hydrogens (tertiary/aromatic N) is 2. The number of hydrogen-bond acceptors (Lipinski definition) is 2. The summed E-state index contributed by atoms with van der Waals surface area (Å²) >= 11 is 0. The summed E-state index contributed by atoms with van der Waals surface area (Å²) in [5, 5.41) is 0. The van der Waals surface area contributed by atoms with Gasteiger partial charge in [0.1, 0.15) is 0 Å². The van der Waals surface area contributed by atoms with Crippen LogP contribution in [0.3, 0.4) is 0 Å². The third-order valence-corrected chi connectivity index (χ3v) is 2.47. The summed E-state index contributed by atoms with van der Waals surface area (Å²) in [6, 6.07) is 8.77. The molecule has 2 N–H and O–H groups in total. The summed E-state index contributed by atoms with van der Waals surface area (Å²) in [6.45, 7) is 2.90. The van der Waals surface area contributed by atoms with E-state index in [9.17, 15) is 0 Å². The molecule has 0 aliphatic heterocycles. The number of imidazole rings is 1. The number of benzene rings is 1. The molecule has 84 valence electrons. The number of aromatic nitrogens is 2. The monoisotopic (exact) mass is 215 g/mol. The van der Waals surface area contributed by atoms with Crippen LogP contribution in [-0.4, -0.2) is 15.6 Å². The Morgan fingerprint density at radius 1 is 1.38 bits per heavy atom. The summed E-state index contributed by atoms with van der Waals surface area (Å²) in [5.41, 5.74) is 8.38. The minimum Gasteiger partial charge on any atom is -0.333 e. The van der Waals surface area contributed by atoms with E-state index >= 15 is 0 Å². The zero-order chi connectivity index (χ0) is 11.4. The Bertz CT molecular complexity index is 432. The van der Waals surface area contributed by atoms with Crippen LogP contribution in [0.2, 0.25) is 0 Å². The van der Waals surface area contributed by atoms with E-state index in [1.807, 2.05) is 19.4 Å². The fourth-order valence-electron chi connectivity index (χ4n) is 1.82. The minimum atomic E-state index is 0.212. The third kappa shape index (κ3) is 2.94. The van der Waals surface area contributed by atoms with Crippen molar-refractivity contribution in [2.45, 2.75) is 25.9 Å². The van der Waals surface area contributed by atoms with Gasteiger partial charge in [-0.05, 0) is 24.5 Å². The zero-order valence-electron chi connectivity index (χ0n) is 9.50. The molecule has 0 spiro atoms. The van der Waals surface area contributed by atoms with Crippen molar-refractivity contribution in [2.24, 2.45) is 5.73 Å². The van der Waals surface area contributed by atoms with Gasteiger partial charge in [-0.3, -0.25) is 0 Å². The molecule has 0 bridgehead atoms. The second kappa shape index (κ2) is 4.94. The molecule has 1 aromatic carbocycles. The average Bonchev–Trinajstić information content (AvgIpc) is 2.70. The highest BCUT2D eigenvalue weighted by Gasteiger charge is 2.00. The zero-order valence-corrected chi connectivity index (χ0v) is 9.50. The highest BCUT2D eigenvalue weighted by molar-refractivity contribution is 5.24. The number of hydrogen-bond donors (Lipinski definition) is 1. The van der Waals surface area contributed by atoms with E-state index in [-0.39, 0.29) is 6.04 Å². The first-order chi connectivity index (χ1) is 7.74. The molecule has 0 saturated carbocycles.